The van der Waals surface area contributed by atoms with E-state index in [1.165, 1.54) is 19.0 Å². The molecule has 1 aliphatic carbocycles. The van der Waals surface area contributed by atoms with E-state index in [2.05, 4.69) is 25.5 Å². The summed E-state index contributed by atoms with van der Waals surface area (Å²) in [6.45, 7) is 6.13. The lowest BCUT2D eigenvalue weighted by atomic mass is 9.85. The highest BCUT2D eigenvalue weighted by atomic mass is 35.5. The number of aromatic nitrogens is 2. The lowest BCUT2D eigenvalue weighted by molar-refractivity contribution is -0.121. The van der Waals surface area contributed by atoms with E-state index in [-0.39, 0.29) is 29.4 Å². The minimum absolute atomic E-state index is 0.0416. The lowest BCUT2D eigenvalue weighted by Gasteiger charge is -2.33. The molecule has 4 heterocycles. The number of hydrogen-bond donors (Lipinski definition) is 2. The molecule has 1 saturated carbocycles. The Kier molecular flexibility index (Phi) is 7.62. The average molecular weight is 526 g/mol. The zero-order chi connectivity index (χ0) is 25.9. The topological polar surface area (TPSA) is 110 Å². The summed E-state index contributed by atoms with van der Waals surface area (Å²) in [5.74, 6) is -0.154. The van der Waals surface area contributed by atoms with Crippen LogP contribution in [0, 0.1) is 5.92 Å². The molecule has 0 aromatic carbocycles. The number of amides is 2. The van der Waals surface area contributed by atoms with Crippen LogP contribution < -0.4 is 15.4 Å². The van der Waals surface area contributed by atoms with E-state index in [9.17, 15) is 9.59 Å². The van der Waals surface area contributed by atoms with Gasteiger partial charge < -0.3 is 24.7 Å². The van der Waals surface area contributed by atoms with Gasteiger partial charge in [-0.05, 0) is 83.7 Å². The van der Waals surface area contributed by atoms with E-state index in [0.717, 1.165) is 38.8 Å². The summed E-state index contributed by atoms with van der Waals surface area (Å²) < 4.78 is 11.6. The van der Waals surface area contributed by atoms with Gasteiger partial charge in [0.25, 0.3) is 5.91 Å². The number of fused-ring (bicyclic) bond motifs is 1. The second kappa shape index (κ2) is 11.1. The number of carbonyl (C=O) groups is 2. The molecular formula is C27H32ClN5O4. The molecule has 3 aromatic rings. The summed E-state index contributed by atoms with van der Waals surface area (Å²) in [7, 11) is 0. The molecule has 0 atom stereocenters. The van der Waals surface area contributed by atoms with Gasteiger partial charge in [0, 0.05) is 24.2 Å². The van der Waals surface area contributed by atoms with Crippen molar-refractivity contribution >= 4 is 46.0 Å². The molecule has 2 aliphatic rings. The van der Waals surface area contributed by atoms with E-state index < -0.39 is 5.91 Å². The molecule has 0 unspecified atom stereocenters. The van der Waals surface area contributed by atoms with E-state index in [4.69, 9.17) is 20.8 Å². The highest BCUT2D eigenvalue weighted by Gasteiger charge is 2.32. The van der Waals surface area contributed by atoms with Crippen LogP contribution in [0.1, 0.15) is 62.9 Å². The van der Waals surface area contributed by atoms with E-state index >= 15 is 0 Å². The van der Waals surface area contributed by atoms with Crippen molar-refractivity contribution in [1.82, 2.24) is 14.9 Å². The van der Waals surface area contributed by atoms with Crippen LogP contribution >= 0.6 is 11.6 Å². The van der Waals surface area contributed by atoms with Gasteiger partial charge in [0.1, 0.15) is 17.0 Å². The van der Waals surface area contributed by atoms with Crippen LogP contribution in [0.15, 0.2) is 34.9 Å². The summed E-state index contributed by atoms with van der Waals surface area (Å²) in [5, 5.41) is 6.14. The Morgan fingerprint density at radius 2 is 1.84 bits per heavy atom. The minimum Gasteiger partial charge on any atom is -0.475 e. The van der Waals surface area contributed by atoms with E-state index in [1.54, 1.807) is 24.3 Å². The van der Waals surface area contributed by atoms with Crippen LogP contribution in [0.2, 0.25) is 5.02 Å². The molecule has 5 rings (SSSR count). The Balaban J connectivity index is 1.38. The molecule has 3 aromatic heterocycles. The van der Waals surface area contributed by atoms with E-state index in [0.29, 0.717) is 33.9 Å². The maximum atomic E-state index is 13.4. The first-order chi connectivity index (χ1) is 17.9. The number of furan rings is 1. The van der Waals surface area contributed by atoms with Crippen LogP contribution in [0.25, 0.3) is 11.1 Å². The summed E-state index contributed by atoms with van der Waals surface area (Å²) in [6, 6.07) is 7.15. The van der Waals surface area contributed by atoms with Gasteiger partial charge >= 0.3 is 0 Å². The summed E-state index contributed by atoms with van der Waals surface area (Å²) in [5.41, 5.74) is 0.979. The third-order valence-corrected chi connectivity index (χ3v) is 7.24. The molecule has 0 radical (unpaired) electrons. The van der Waals surface area contributed by atoms with Gasteiger partial charge in [0.2, 0.25) is 17.5 Å². The first-order valence-corrected chi connectivity index (χ1v) is 13.3. The predicted molar refractivity (Wildman–Crippen MR) is 142 cm³/mol. The van der Waals surface area contributed by atoms with Gasteiger partial charge in [-0.2, -0.15) is 0 Å². The molecular weight excluding hydrogens is 494 g/mol. The summed E-state index contributed by atoms with van der Waals surface area (Å²) >= 11 is 5.91. The molecule has 9 nitrogen and oxygen atoms in total. The highest BCUT2D eigenvalue weighted by Crippen LogP contribution is 2.35. The predicted octanol–water partition coefficient (Wildman–Crippen LogP) is 5.51. The highest BCUT2D eigenvalue weighted by molar-refractivity contribution is 6.30. The standard InChI is InChI=1S/C27H32ClN5O4/c1-16(2)36-22-12-10-20-23(31-22)24(25(37-20)27(35)30-21-11-7-18(28)15-29-21)32-26(34)17-5-8-19(9-6-17)33-13-3-4-14-33/h7,10-12,15-17,19H,3-6,8-9,13-14H2,1-2H3,(H,32,34)(H,29,30,35)/t17-,19-. The largest absolute Gasteiger partial charge is 0.475 e. The third kappa shape index (κ3) is 5.88. The molecule has 2 fully saturated rings. The van der Waals surface area contributed by atoms with Gasteiger partial charge in [-0.1, -0.05) is 11.6 Å². The van der Waals surface area contributed by atoms with Crippen molar-refractivity contribution < 1.29 is 18.7 Å². The summed E-state index contributed by atoms with van der Waals surface area (Å²) in [6.07, 6.45) is 7.52. The molecule has 10 heteroatoms. The third-order valence-electron chi connectivity index (χ3n) is 7.01. The second-order valence-electron chi connectivity index (χ2n) is 10.0. The average Bonchev–Trinajstić information content (AvgIpc) is 3.54. The minimum atomic E-state index is -0.549. The van der Waals surface area contributed by atoms with Crippen molar-refractivity contribution in [2.75, 3.05) is 23.7 Å². The van der Waals surface area contributed by atoms with Gasteiger partial charge in [-0.25, -0.2) is 9.97 Å². The van der Waals surface area contributed by atoms with Gasteiger partial charge in [-0.15, -0.1) is 0 Å². The zero-order valence-electron chi connectivity index (χ0n) is 21.1. The molecule has 0 bridgehead atoms. The Morgan fingerprint density at radius 1 is 1.08 bits per heavy atom. The number of carbonyl (C=O) groups excluding carboxylic acids is 2. The number of ether oxygens (including phenoxy) is 1. The second-order valence-corrected chi connectivity index (χ2v) is 10.5. The zero-order valence-corrected chi connectivity index (χ0v) is 21.9. The van der Waals surface area contributed by atoms with Crippen LogP contribution in [0.3, 0.4) is 0 Å². The number of rotatable bonds is 7. The van der Waals surface area contributed by atoms with Crippen molar-refractivity contribution in [3.8, 4) is 5.88 Å². The van der Waals surface area contributed by atoms with Crippen LogP contribution in [0.5, 0.6) is 5.88 Å². The number of anilines is 2. The van der Waals surface area contributed by atoms with Gasteiger partial charge in [0.05, 0.1) is 11.1 Å². The molecule has 1 aliphatic heterocycles. The lowest BCUT2D eigenvalue weighted by Crippen LogP contribution is -2.38. The Morgan fingerprint density at radius 3 is 2.51 bits per heavy atom. The van der Waals surface area contributed by atoms with Crippen LogP contribution in [-0.2, 0) is 4.79 Å². The van der Waals surface area contributed by atoms with E-state index in [1.807, 2.05) is 13.8 Å². The van der Waals surface area contributed by atoms with Crippen LogP contribution in [-0.4, -0.2) is 51.9 Å². The molecule has 0 spiro atoms. The Hall–Kier alpha value is -3.17. The number of nitrogens with one attached hydrogen (secondary N) is 2. The van der Waals surface area contributed by atoms with Crippen molar-refractivity contribution in [3.05, 3.63) is 41.2 Å². The fourth-order valence-electron chi connectivity index (χ4n) is 5.20. The normalized spacial score (nSPS) is 20.3. The molecule has 2 N–H and O–H groups in total. The number of pyridine rings is 2. The quantitative estimate of drug-likeness (QED) is 0.418. The van der Waals surface area contributed by atoms with Crippen molar-refractivity contribution in [1.29, 1.82) is 0 Å². The maximum absolute atomic E-state index is 13.4. The number of nitrogens with zero attached hydrogens (tertiary/aromatic N) is 3. The smallest absolute Gasteiger partial charge is 0.294 e. The molecule has 2 amide bonds. The SMILES string of the molecule is CC(C)Oc1ccc2oc(C(=O)Nc3ccc(Cl)cn3)c(NC(=O)[C@H]3CC[C@H](N4CCCC4)CC3)c2n1. The molecule has 37 heavy (non-hydrogen) atoms. The van der Waals surface area contributed by atoms with Crippen molar-refractivity contribution in [2.24, 2.45) is 5.92 Å². The summed E-state index contributed by atoms with van der Waals surface area (Å²) in [4.78, 5) is 37.8. The Bertz CT molecular complexity index is 1260. The van der Waals surface area contributed by atoms with Crippen LogP contribution in [0.4, 0.5) is 11.5 Å². The monoisotopic (exact) mass is 525 g/mol. The van der Waals surface area contributed by atoms with Crippen molar-refractivity contribution in [2.45, 2.75) is 64.5 Å². The first kappa shape index (κ1) is 25.5. The maximum Gasteiger partial charge on any atom is 0.294 e. The fraction of sp³-hybridized carbons (Fsp3) is 0.481. The van der Waals surface area contributed by atoms with Gasteiger partial charge in [-0.3, -0.25) is 9.59 Å². The molecule has 196 valence electrons. The number of likely N-dealkylation sites (tertiary alicyclic amines) is 1. The fourth-order valence-corrected chi connectivity index (χ4v) is 5.31. The number of halogens is 1. The Labute approximate surface area is 220 Å². The number of hydrogen-bond acceptors (Lipinski definition) is 7. The first-order valence-electron chi connectivity index (χ1n) is 13.0. The van der Waals surface area contributed by atoms with Gasteiger partial charge in [0.15, 0.2) is 5.58 Å². The molecule has 1 saturated heterocycles. The van der Waals surface area contributed by atoms with Crippen molar-refractivity contribution in [3.63, 3.8) is 0 Å².